The molecule has 0 radical (unpaired) electrons. The Bertz CT molecular complexity index is 587. The fourth-order valence-corrected chi connectivity index (χ4v) is 2.69. The zero-order valence-electron chi connectivity index (χ0n) is 9.60. The molecule has 2 aromatic rings. The minimum absolute atomic E-state index is 0.187. The second-order valence-electron chi connectivity index (χ2n) is 4.66. The zero-order valence-corrected chi connectivity index (χ0v) is 9.60. The lowest BCUT2D eigenvalue weighted by Gasteiger charge is -2.09. The van der Waals surface area contributed by atoms with Gasteiger partial charge in [-0.2, -0.15) is 0 Å². The number of benzene rings is 1. The van der Waals surface area contributed by atoms with Crippen LogP contribution >= 0.6 is 0 Å². The molecule has 16 heavy (non-hydrogen) atoms. The van der Waals surface area contributed by atoms with Crippen molar-refractivity contribution in [1.29, 1.82) is 0 Å². The zero-order chi connectivity index (χ0) is 11.3. The van der Waals surface area contributed by atoms with Crippen LogP contribution in [-0.4, -0.2) is 4.98 Å². The third-order valence-electron chi connectivity index (χ3n) is 3.50. The standard InChI is InChI=1S/C14H14FN/c1-8-6-11-9(2)10-4-3-5-13(10)16-14(11)12(15)7-8/h6-7H,3-5H2,1-2H3. The predicted octanol–water partition coefficient (Wildman–Crippen LogP) is 3.48. The second-order valence-corrected chi connectivity index (χ2v) is 4.66. The number of aryl methyl sites for hydroxylation is 3. The van der Waals surface area contributed by atoms with Crippen molar-refractivity contribution in [3.05, 3.63) is 40.3 Å². The number of fused-ring (bicyclic) bond motifs is 2. The van der Waals surface area contributed by atoms with E-state index in [0.717, 1.165) is 35.9 Å². The van der Waals surface area contributed by atoms with Gasteiger partial charge in [-0.3, -0.25) is 0 Å². The van der Waals surface area contributed by atoms with Crippen LogP contribution in [0.15, 0.2) is 12.1 Å². The van der Waals surface area contributed by atoms with Crippen LogP contribution in [0, 0.1) is 19.7 Å². The molecule has 0 fully saturated rings. The Morgan fingerprint density at radius 2 is 2.00 bits per heavy atom. The van der Waals surface area contributed by atoms with Gasteiger partial charge in [-0.05, 0) is 61.9 Å². The largest absolute Gasteiger partial charge is 0.249 e. The number of nitrogens with zero attached hydrogens (tertiary/aromatic N) is 1. The van der Waals surface area contributed by atoms with Crippen molar-refractivity contribution >= 4 is 10.9 Å². The normalized spacial score (nSPS) is 14.4. The van der Waals surface area contributed by atoms with E-state index >= 15 is 0 Å². The highest BCUT2D eigenvalue weighted by Crippen LogP contribution is 2.30. The van der Waals surface area contributed by atoms with Crippen LogP contribution < -0.4 is 0 Å². The maximum atomic E-state index is 13.8. The number of hydrogen-bond acceptors (Lipinski definition) is 1. The van der Waals surface area contributed by atoms with Crippen molar-refractivity contribution in [3.8, 4) is 0 Å². The monoisotopic (exact) mass is 215 g/mol. The summed E-state index contributed by atoms with van der Waals surface area (Å²) in [6.45, 7) is 4.02. The Morgan fingerprint density at radius 3 is 2.81 bits per heavy atom. The molecule has 0 unspecified atom stereocenters. The summed E-state index contributed by atoms with van der Waals surface area (Å²) in [7, 11) is 0. The molecule has 1 aromatic carbocycles. The van der Waals surface area contributed by atoms with Crippen LogP contribution in [-0.2, 0) is 12.8 Å². The molecule has 0 bridgehead atoms. The molecular weight excluding hydrogens is 201 g/mol. The van der Waals surface area contributed by atoms with E-state index in [0.29, 0.717) is 5.52 Å². The molecule has 1 heterocycles. The van der Waals surface area contributed by atoms with Gasteiger partial charge in [-0.15, -0.1) is 0 Å². The van der Waals surface area contributed by atoms with Gasteiger partial charge >= 0.3 is 0 Å². The topological polar surface area (TPSA) is 12.9 Å². The lowest BCUT2D eigenvalue weighted by atomic mass is 10.0. The molecule has 0 N–H and O–H groups in total. The maximum Gasteiger partial charge on any atom is 0.149 e. The number of pyridine rings is 1. The Morgan fingerprint density at radius 1 is 1.19 bits per heavy atom. The highest BCUT2D eigenvalue weighted by molar-refractivity contribution is 5.85. The molecule has 1 nitrogen and oxygen atoms in total. The van der Waals surface area contributed by atoms with Gasteiger partial charge in [0.05, 0.1) is 0 Å². The smallest absolute Gasteiger partial charge is 0.149 e. The highest BCUT2D eigenvalue weighted by atomic mass is 19.1. The molecule has 1 aromatic heterocycles. The van der Waals surface area contributed by atoms with E-state index in [4.69, 9.17) is 0 Å². The lowest BCUT2D eigenvalue weighted by Crippen LogP contribution is -1.97. The Balaban J connectivity index is 2.46. The fourth-order valence-electron chi connectivity index (χ4n) is 2.69. The van der Waals surface area contributed by atoms with Crippen LogP contribution in [0.2, 0.25) is 0 Å². The quantitative estimate of drug-likeness (QED) is 0.655. The van der Waals surface area contributed by atoms with Crippen molar-refractivity contribution in [2.45, 2.75) is 33.1 Å². The molecule has 1 aliphatic carbocycles. The summed E-state index contributed by atoms with van der Waals surface area (Å²) in [5.41, 5.74) is 5.18. The molecule has 0 saturated heterocycles. The summed E-state index contributed by atoms with van der Waals surface area (Å²) in [6.07, 6.45) is 3.25. The van der Waals surface area contributed by atoms with Crippen LogP contribution in [0.4, 0.5) is 4.39 Å². The highest BCUT2D eigenvalue weighted by Gasteiger charge is 2.18. The van der Waals surface area contributed by atoms with Gasteiger partial charge in [0.15, 0.2) is 0 Å². The molecule has 0 spiro atoms. The molecule has 2 heteroatoms. The first-order valence-electron chi connectivity index (χ1n) is 5.75. The summed E-state index contributed by atoms with van der Waals surface area (Å²) >= 11 is 0. The summed E-state index contributed by atoms with van der Waals surface area (Å²) in [5, 5.41) is 0.984. The first kappa shape index (κ1) is 9.76. The number of aromatic nitrogens is 1. The molecule has 1 aliphatic rings. The van der Waals surface area contributed by atoms with Gasteiger partial charge < -0.3 is 0 Å². The summed E-state index contributed by atoms with van der Waals surface area (Å²) < 4.78 is 13.8. The van der Waals surface area contributed by atoms with Crippen LogP contribution in [0.1, 0.15) is 28.8 Å². The van der Waals surface area contributed by atoms with Crippen molar-refractivity contribution < 1.29 is 4.39 Å². The Hall–Kier alpha value is -1.44. The van der Waals surface area contributed by atoms with Crippen molar-refractivity contribution in [2.75, 3.05) is 0 Å². The van der Waals surface area contributed by atoms with E-state index < -0.39 is 0 Å². The third-order valence-corrected chi connectivity index (χ3v) is 3.50. The van der Waals surface area contributed by atoms with E-state index in [9.17, 15) is 4.39 Å². The summed E-state index contributed by atoms with van der Waals surface area (Å²) in [4.78, 5) is 4.48. The van der Waals surface area contributed by atoms with Crippen molar-refractivity contribution in [2.24, 2.45) is 0 Å². The summed E-state index contributed by atoms with van der Waals surface area (Å²) in [5.74, 6) is -0.187. The molecule has 0 amide bonds. The number of hydrogen-bond donors (Lipinski definition) is 0. The second kappa shape index (κ2) is 3.27. The Labute approximate surface area is 94.3 Å². The average molecular weight is 215 g/mol. The first-order chi connectivity index (χ1) is 7.66. The molecule has 0 atom stereocenters. The SMILES string of the molecule is Cc1cc(F)c2nc3c(c(C)c2c1)CCC3. The van der Waals surface area contributed by atoms with E-state index in [2.05, 4.69) is 11.9 Å². The van der Waals surface area contributed by atoms with Crippen LogP contribution in [0.3, 0.4) is 0 Å². The van der Waals surface area contributed by atoms with E-state index in [1.165, 1.54) is 11.1 Å². The van der Waals surface area contributed by atoms with Gasteiger partial charge in [0.1, 0.15) is 11.3 Å². The number of rotatable bonds is 0. The average Bonchev–Trinajstić information content (AvgIpc) is 2.68. The van der Waals surface area contributed by atoms with Crippen LogP contribution in [0.5, 0.6) is 0 Å². The minimum Gasteiger partial charge on any atom is -0.249 e. The third kappa shape index (κ3) is 1.26. The molecule has 82 valence electrons. The van der Waals surface area contributed by atoms with Gasteiger partial charge in [0.2, 0.25) is 0 Å². The van der Waals surface area contributed by atoms with E-state index in [1.54, 1.807) is 6.07 Å². The van der Waals surface area contributed by atoms with E-state index in [-0.39, 0.29) is 5.82 Å². The van der Waals surface area contributed by atoms with Gasteiger partial charge in [0.25, 0.3) is 0 Å². The maximum absolute atomic E-state index is 13.8. The molecule has 0 saturated carbocycles. The number of halogens is 1. The predicted molar refractivity (Wildman–Crippen MR) is 63.2 cm³/mol. The lowest BCUT2D eigenvalue weighted by molar-refractivity contribution is 0.635. The van der Waals surface area contributed by atoms with Gasteiger partial charge in [0, 0.05) is 11.1 Å². The van der Waals surface area contributed by atoms with E-state index in [1.807, 2.05) is 13.0 Å². The van der Waals surface area contributed by atoms with Crippen LogP contribution in [0.25, 0.3) is 10.9 Å². The molecule has 3 rings (SSSR count). The van der Waals surface area contributed by atoms with Crippen molar-refractivity contribution in [1.82, 2.24) is 4.98 Å². The van der Waals surface area contributed by atoms with Gasteiger partial charge in [-0.25, -0.2) is 9.37 Å². The molecule has 0 aliphatic heterocycles. The fraction of sp³-hybridized carbons (Fsp3) is 0.357. The van der Waals surface area contributed by atoms with Gasteiger partial charge in [-0.1, -0.05) is 0 Å². The Kier molecular flexibility index (Phi) is 2.00. The van der Waals surface area contributed by atoms with Crippen molar-refractivity contribution in [3.63, 3.8) is 0 Å². The summed E-state index contributed by atoms with van der Waals surface area (Å²) in [6, 6.07) is 3.61. The first-order valence-corrected chi connectivity index (χ1v) is 5.75. The molecular formula is C14H14FN. The minimum atomic E-state index is -0.187.